The van der Waals surface area contributed by atoms with Crippen LogP contribution >= 0.6 is 11.8 Å². The minimum atomic E-state index is -0.133. The second-order valence-corrected chi connectivity index (χ2v) is 6.71. The standard InChI is InChI=1S/C18H28N2O5S/c1-3-24-16-12-15(20-5-8-23-9-6-20)17(25-4-2)11-14(16)19-18(22)13-26-10-7-21/h11-12,21H,3-10,13H2,1-2H3,(H,19,22). The number of hydrogen-bond donors (Lipinski definition) is 2. The molecule has 2 rings (SSSR count). The number of aliphatic hydroxyl groups is 1. The number of ether oxygens (including phenoxy) is 3. The lowest BCUT2D eigenvalue weighted by Gasteiger charge is -2.31. The van der Waals surface area contributed by atoms with E-state index in [1.165, 1.54) is 11.8 Å². The average Bonchev–Trinajstić information content (AvgIpc) is 2.65. The Morgan fingerprint density at radius 2 is 1.92 bits per heavy atom. The van der Waals surface area contributed by atoms with E-state index < -0.39 is 0 Å². The van der Waals surface area contributed by atoms with Gasteiger partial charge in [0.15, 0.2) is 0 Å². The molecule has 1 amide bonds. The summed E-state index contributed by atoms with van der Waals surface area (Å²) >= 11 is 1.38. The molecule has 0 atom stereocenters. The van der Waals surface area contributed by atoms with Crippen molar-refractivity contribution in [1.82, 2.24) is 0 Å². The zero-order valence-electron chi connectivity index (χ0n) is 15.5. The van der Waals surface area contributed by atoms with E-state index in [9.17, 15) is 4.79 Å². The van der Waals surface area contributed by atoms with Crippen LogP contribution < -0.4 is 19.7 Å². The molecule has 1 aliphatic heterocycles. The van der Waals surface area contributed by atoms with Crippen molar-refractivity contribution < 1.29 is 24.1 Å². The van der Waals surface area contributed by atoms with E-state index in [4.69, 9.17) is 19.3 Å². The fourth-order valence-corrected chi connectivity index (χ4v) is 3.19. The Hall–Kier alpha value is -1.64. The maximum absolute atomic E-state index is 12.2. The fourth-order valence-electron chi connectivity index (χ4n) is 2.66. The summed E-state index contributed by atoms with van der Waals surface area (Å²) in [6.07, 6.45) is 0. The third kappa shape index (κ3) is 5.96. The molecule has 2 N–H and O–H groups in total. The Labute approximate surface area is 159 Å². The van der Waals surface area contributed by atoms with Crippen molar-refractivity contribution in [1.29, 1.82) is 0 Å². The third-order valence-corrected chi connectivity index (χ3v) is 4.69. The van der Waals surface area contributed by atoms with Crippen LogP contribution in [0, 0.1) is 0 Å². The molecule has 1 aromatic rings. The summed E-state index contributed by atoms with van der Waals surface area (Å²) in [6.45, 7) is 7.86. The highest BCUT2D eigenvalue weighted by atomic mass is 32.2. The topological polar surface area (TPSA) is 80.3 Å². The van der Waals surface area contributed by atoms with Crippen molar-refractivity contribution in [3.05, 3.63) is 12.1 Å². The number of nitrogens with one attached hydrogen (secondary N) is 1. The van der Waals surface area contributed by atoms with E-state index in [0.717, 1.165) is 24.5 Å². The minimum absolute atomic E-state index is 0.0604. The normalized spacial score (nSPS) is 14.2. The molecule has 1 aromatic carbocycles. The number of thioether (sulfide) groups is 1. The largest absolute Gasteiger partial charge is 0.492 e. The van der Waals surface area contributed by atoms with Crippen molar-refractivity contribution in [2.45, 2.75) is 13.8 Å². The quantitative estimate of drug-likeness (QED) is 0.597. The van der Waals surface area contributed by atoms with Gasteiger partial charge in [0.1, 0.15) is 11.5 Å². The van der Waals surface area contributed by atoms with E-state index in [0.29, 0.717) is 43.6 Å². The molecule has 0 saturated carbocycles. The Bertz CT molecular complexity index is 579. The molecule has 0 spiro atoms. The number of hydrogen-bond acceptors (Lipinski definition) is 7. The summed E-state index contributed by atoms with van der Waals surface area (Å²) in [5, 5.41) is 11.7. The number of carbonyl (C=O) groups is 1. The van der Waals surface area contributed by atoms with Crippen LogP contribution in [-0.4, -0.2) is 68.6 Å². The maximum atomic E-state index is 12.2. The van der Waals surface area contributed by atoms with Gasteiger partial charge in [-0.05, 0) is 13.8 Å². The van der Waals surface area contributed by atoms with Gasteiger partial charge in [-0.25, -0.2) is 0 Å². The van der Waals surface area contributed by atoms with Gasteiger partial charge in [-0.2, -0.15) is 0 Å². The molecule has 1 aliphatic rings. The van der Waals surface area contributed by atoms with Crippen molar-refractivity contribution in [2.75, 3.05) is 67.8 Å². The zero-order chi connectivity index (χ0) is 18.8. The molecule has 1 heterocycles. The van der Waals surface area contributed by atoms with Crippen molar-refractivity contribution in [3.8, 4) is 11.5 Å². The Morgan fingerprint density at radius 3 is 2.58 bits per heavy atom. The SMILES string of the molecule is CCOc1cc(N2CCOCC2)c(OCC)cc1NC(=O)CSCCO. The lowest BCUT2D eigenvalue weighted by Crippen LogP contribution is -2.36. The lowest BCUT2D eigenvalue weighted by molar-refractivity contribution is -0.113. The first kappa shape index (κ1) is 20.7. The Morgan fingerprint density at radius 1 is 1.23 bits per heavy atom. The second kappa shape index (κ2) is 11.2. The summed E-state index contributed by atoms with van der Waals surface area (Å²) in [7, 11) is 0. The second-order valence-electron chi connectivity index (χ2n) is 5.61. The average molecular weight is 384 g/mol. The van der Waals surface area contributed by atoms with Crippen LogP contribution in [0.5, 0.6) is 11.5 Å². The number of carbonyl (C=O) groups excluding carboxylic acids is 1. The van der Waals surface area contributed by atoms with E-state index in [1.54, 1.807) is 0 Å². The van der Waals surface area contributed by atoms with Crippen LogP contribution in [0.15, 0.2) is 12.1 Å². The van der Waals surface area contributed by atoms with Gasteiger partial charge in [-0.3, -0.25) is 4.79 Å². The van der Waals surface area contributed by atoms with Gasteiger partial charge in [0.2, 0.25) is 5.91 Å². The van der Waals surface area contributed by atoms with Gasteiger partial charge in [0, 0.05) is 31.0 Å². The number of amides is 1. The number of nitrogens with zero attached hydrogens (tertiary/aromatic N) is 1. The van der Waals surface area contributed by atoms with Gasteiger partial charge in [-0.15, -0.1) is 11.8 Å². The molecule has 0 radical (unpaired) electrons. The predicted molar refractivity (Wildman–Crippen MR) is 105 cm³/mol. The fraction of sp³-hybridized carbons (Fsp3) is 0.611. The van der Waals surface area contributed by atoms with E-state index in [2.05, 4.69) is 10.2 Å². The van der Waals surface area contributed by atoms with Crippen LogP contribution in [0.25, 0.3) is 0 Å². The lowest BCUT2D eigenvalue weighted by atomic mass is 10.2. The number of benzene rings is 1. The molecule has 0 aromatic heterocycles. The molecule has 1 saturated heterocycles. The number of morpholine rings is 1. The summed E-state index contributed by atoms with van der Waals surface area (Å²) in [5.41, 5.74) is 1.55. The third-order valence-electron chi connectivity index (χ3n) is 3.76. The van der Waals surface area contributed by atoms with E-state index >= 15 is 0 Å². The zero-order valence-corrected chi connectivity index (χ0v) is 16.3. The molecule has 0 bridgehead atoms. The monoisotopic (exact) mass is 384 g/mol. The molecule has 1 fully saturated rings. The van der Waals surface area contributed by atoms with Crippen molar-refractivity contribution in [3.63, 3.8) is 0 Å². The first-order chi connectivity index (χ1) is 12.7. The van der Waals surface area contributed by atoms with Crippen LogP contribution in [0.3, 0.4) is 0 Å². The van der Waals surface area contributed by atoms with Crippen molar-refractivity contribution in [2.24, 2.45) is 0 Å². The summed E-state index contributed by atoms with van der Waals surface area (Å²) in [6, 6.07) is 3.75. The first-order valence-electron chi connectivity index (χ1n) is 8.94. The molecular weight excluding hydrogens is 356 g/mol. The molecule has 0 unspecified atom stereocenters. The number of aliphatic hydroxyl groups excluding tert-OH is 1. The molecule has 146 valence electrons. The highest BCUT2D eigenvalue weighted by Crippen LogP contribution is 2.39. The molecule has 0 aliphatic carbocycles. The van der Waals surface area contributed by atoms with Crippen molar-refractivity contribution >= 4 is 29.0 Å². The Kier molecular flexibility index (Phi) is 8.87. The highest BCUT2D eigenvalue weighted by molar-refractivity contribution is 7.99. The molecule has 8 heteroatoms. The van der Waals surface area contributed by atoms with Gasteiger partial charge in [-0.1, -0.05) is 0 Å². The van der Waals surface area contributed by atoms with Gasteiger partial charge in [0.25, 0.3) is 0 Å². The number of rotatable bonds is 10. The van der Waals surface area contributed by atoms with Gasteiger partial charge in [0.05, 0.1) is 50.2 Å². The van der Waals surface area contributed by atoms with Crippen LogP contribution in [-0.2, 0) is 9.53 Å². The van der Waals surface area contributed by atoms with Gasteiger partial charge < -0.3 is 29.5 Å². The summed E-state index contributed by atoms with van der Waals surface area (Å²) < 4.78 is 17.0. The number of anilines is 2. The minimum Gasteiger partial charge on any atom is -0.492 e. The molecule has 26 heavy (non-hydrogen) atoms. The smallest absolute Gasteiger partial charge is 0.234 e. The van der Waals surface area contributed by atoms with E-state index in [-0.39, 0.29) is 18.3 Å². The van der Waals surface area contributed by atoms with E-state index in [1.807, 2.05) is 26.0 Å². The predicted octanol–water partition coefficient (Wildman–Crippen LogP) is 1.98. The maximum Gasteiger partial charge on any atom is 0.234 e. The van der Waals surface area contributed by atoms with Crippen LogP contribution in [0.2, 0.25) is 0 Å². The Balaban J connectivity index is 2.24. The van der Waals surface area contributed by atoms with Crippen LogP contribution in [0.4, 0.5) is 11.4 Å². The summed E-state index contributed by atoms with van der Waals surface area (Å²) in [5.74, 6) is 2.02. The highest BCUT2D eigenvalue weighted by Gasteiger charge is 2.20. The van der Waals surface area contributed by atoms with Gasteiger partial charge >= 0.3 is 0 Å². The summed E-state index contributed by atoms with van der Waals surface area (Å²) in [4.78, 5) is 14.4. The van der Waals surface area contributed by atoms with Crippen LogP contribution in [0.1, 0.15) is 13.8 Å². The molecule has 7 nitrogen and oxygen atoms in total. The first-order valence-corrected chi connectivity index (χ1v) is 10.1. The molecular formula is C18H28N2O5S.